The van der Waals surface area contributed by atoms with E-state index < -0.39 is 0 Å². The smallest absolute Gasteiger partial charge is 0.585 e. The van der Waals surface area contributed by atoms with Gasteiger partial charge in [0, 0.05) is 6.07 Å². The fourth-order valence-corrected chi connectivity index (χ4v) is 2.94. The van der Waals surface area contributed by atoms with Crippen LogP contribution in [0.1, 0.15) is 16.7 Å². The van der Waals surface area contributed by atoms with Crippen molar-refractivity contribution < 1.29 is 26.5 Å². The predicted molar refractivity (Wildman–Crippen MR) is 120 cm³/mol. The molecule has 0 bridgehead atoms. The topological polar surface area (TPSA) is 39.1 Å². The van der Waals surface area contributed by atoms with Crippen LogP contribution in [0.5, 0.6) is 11.5 Å². The average molecular weight is 440 g/mol. The van der Waals surface area contributed by atoms with Gasteiger partial charge in [-0.05, 0) is 6.07 Å². The SMILES string of the molecule is COc1cc(/C=C(\c2ccc[cH-]2)[c-]2ccc(=O)cc2)cc([OH+]C)c1.[Fe+2].c1cc[cH-]c1. The molecule has 0 aliphatic heterocycles. The Balaban J connectivity index is 0.000000468. The fraction of sp³-hybridized carbons (Fsp3) is 0.0769. The molecule has 4 aromatic carbocycles. The van der Waals surface area contributed by atoms with Crippen molar-refractivity contribution in [3.8, 4) is 11.5 Å². The van der Waals surface area contributed by atoms with E-state index in [1.807, 2.05) is 72.8 Å². The third-order valence-corrected chi connectivity index (χ3v) is 4.41. The van der Waals surface area contributed by atoms with E-state index in [4.69, 9.17) is 4.74 Å². The maximum Gasteiger partial charge on any atom is 2.00 e. The molecule has 4 heteroatoms. The van der Waals surface area contributed by atoms with E-state index >= 15 is 0 Å². The third-order valence-electron chi connectivity index (χ3n) is 4.41. The second kappa shape index (κ2) is 11.7. The fourth-order valence-electron chi connectivity index (χ4n) is 2.94. The Morgan fingerprint density at radius 3 is 2.30 bits per heavy atom. The van der Waals surface area contributed by atoms with Crippen LogP contribution in [0.3, 0.4) is 0 Å². The molecule has 0 fully saturated rings. The monoisotopic (exact) mass is 440 g/mol. The van der Waals surface area contributed by atoms with Crippen molar-refractivity contribution >= 4 is 11.6 Å². The van der Waals surface area contributed by atoms with E-state index in [1.54, 1.807) is 26.4 Å². The molecule has 0 radical (unpaired) electrons. The van der Waals surface area contributed by atoms with E-state index in [9.17, 15) is 4.79 Å². The number of hydrogen-bond donors (Lipinski definition) is 0. The summed E-state index contributed by atoms with van der Waals surface area (Å²) in [6.07, 6.45) is 2.09. The second-order valence-corrected chi connectivity index (χ2v) is 6.41. The molecule has 0 unspecified atom stereocenters. The van der Waals surface area contributed by atoms with E-state index in [2.05, 4.69) is 22.9 Å². The molecule has 1 N–H and O–H groups in total. The molecule has 4 aromatic rings. The molecule has 0 atom stereocenters. The van der Waals surface area contributed by atoms with Crippen molar-refractivity contribution in [2.24, 2.45) is 0 Å². The minimum atomic E-state index is 0. The Morgan fingerprint density at radius 1 is 1.03 bits per heavy atom. The van der Waals surface area contributed by atoms with Gasteiger partial charge < -0.3 is 14.3 Å². The largest absolute Gasteiger partial charge is 2.00 e. The molecule has 30 heavy (non-hydrogen) atoms. The molecule has 0 spiro atoms. The van der Waals surface area contributed by atoms with Crippen LogP contribution in [0.25, 0.3) is 11.6 Å². The molecule has 0 amide bonds. The Hall–Kier alpha value is -3.20. The zero-order valence-corrected chi connectivity index (χ0v) is 18.0. The van der Waals surface area contributed by atoms with Crippen LogP contribution in [-0.4, -0.2) is 19.0 Å². The predicted octanol–water partition coefficient (Wildman–Crippen LogP) is 5.36. The van der Waals surface area contributed by atoms with Gasteiger partial charge in [-0.25, -0.2) is 23.8 Å². The minimum Gasteiger partial charge on any atom is -0.585 e. The van der Waals surface area contributed by atoms with Crippen molar-refractivity contribution in [2.75, 3.05) is 14.2 Å². The molecule has 0 saturated carbocycles. The van der Waals surface area contributed by atoms with Crippen LogP contribution in [0, 0.1) is 0 Å². The van der Waals surface area contributed by atoms with Gasteiger partial charge in [0.2, 0.25) is 0 Å². The summed E-state index contributed by atoms with van der Waals surface area (Å²) in [6.45, 7) is 0. The molecule has 4 rings (SSSR count). The van der Waals surface area contributed by atoms with E-state index in [-0.39, 0.29) is 22.5 Å². The van der Waals surface area contributed by atoms with Gasteiger partial charge in [-0.15, -0.1) is 17.7 Å². The minimum absolute atomic E-state index is 0. The summed E-state index contributed by atoms with van der Waals surface area (Å²) >= 11 is 0. The number of rotatable bonds is 5. The Bertz CT molecular complexity index is 1030. The van der Waals surface area contributed by atoms with Crippen molar-refractivity contribution in [2.45, 2.75) is 0 Å². The summed E-state index contributed by atoms with van der Waals surface area (Å²) in [5.74, 6) is 1.62. The Kier molecular flexibility index (Phi) is 9.02. The number of methoxy groups -OCH3 is 1. The van der Waals surface area contributed by atoms with Gasteiger partial charge in [-0.1, -0.05) is 17.7 Å². The molecule has 0 aliphatic rings. The van der Waals surface area contributed by atoms with Crippen LogP contribution >= 0.6 is 0 Å². The summed E-state index contributed by atoms with van der Waals surface area (Å²) < 4.78 is 9.60. The normalized spacial score (nSPS) is 10.4. The number of benzene rings is 2. The second-order valence-electron chi connectivity index (χ2n) is 6.41. The third kappa shape index (κ3) is 6.41. The molecular weight excluding hydrogens is 416 g/mol. The molecule has 0 heterocycles. The van der Waals surface area contributed by atoms with E-state index in [1.165, 1.54) is 0 Å². The summed E-state index contributed by atoms with van der Waals surface area (Å²) in [4.78, 5) is 11.4. The molecule has 0 saturated heterocycles. The number of ether oxygens (including phenoxy) is 2. The van der Waals surface area contributed by atoms with E-state index in [0.717, 1.165) is 33.8 Å². The van der Waals surface area contributed by atoms with Gasteiger partial charge in [0.15, 0.2) is 7.11 Å². The van der Waals surface area contributed by atoms with Gasteiger partial charge in [0.1, 0.15) is 11.2 Å². The van der Waals surface area contributed by atoms with Gasteiger partial charge in [-0.2, -0.15) is 48.0 Å². The van der Waals surface area contributed by atoms with Gasteiger partial charge in [-0.3, -0.25) is 0 Å². The van der Waals surface area contributed by atoms with E-state index in [0.29, 0.717) is 0 Å². The average Bonchev–Trinajstić information content (AvgIpc) is 3.49. The van der Waals surface area contributed by atoms with Gasteiger partial charge >= 0.3 is 17.1 Å². The molecule has 0 aliphatic carbocycles. The number of aliphatic hydroxyl groups is 1. The summed E-state index contributed by atoms with van der Waals surface area (Å²) in [5.41, 5.74) is 4.16. The number of hydrogen-bond acceptors (Lipinski definition) is 2. The zero-order chi connectivity index (χ0) is 20.5. The first-order chi connectivity index (χ1) is 14.2. The van der Waals surface area contributed by atoms with Crippen molar-refractivity contribution in [1.82, 2.24) is 0 Å². The number of aromatic hydroxyl groups is 1. The van der Waals surface area contributed by atoms with Crippen LogP contribution in [0.15, 0.2) is 102 Å². The van der Waals surface area contributed by atoms with Crippen molar-refractivity contribution in [3.63, 3.8) is 0 Å². The van der Waals surface area contributed by atoms with Crippen LogP contribution in [0.4, 0.5) is 0 Å². The Labute approximate surface area is 187 Å². The quantitative estimate of drug-likeness (QED) is 0.182. The molecular formula is C26H24FeO3. The first kappa shape index (κ1) is 23.1. The van der Waals surface area contributed by atoms with Crippen LogP contribution in [0.2, 0.25) is 0 Å². The van der Waals surface area contributed by atoms with Crippen LogP contribution in [-0.2, 0) is 17.1 Å². The summed E-state index contributed by atoms with van der Waals surface area (Å²) in [6, 6.07) is 30.9. The molecule has 154 valence electrons. The van der Waals surface area contributed by atoms with Crippen LogP contribution < -0.4 is 10.2 Å². The van der Waals surface area contributed by atoms with Crippen molar-refractivity contribution in [3.05, 3.63) is 124 Å². The maximum atomic E-state index is 11.4. The van der Waals surface area contributed by atoms with Gasteiger partial charge in [0.05, 0.1) is 13.2 Å². The first-order valence-electron chi connectivity index (χ1n) is 9.36. The summed E-state index contributed by atoms with van der Waals surface area (Å²) in [5, 5.41) is 0. The maximum absolute atomic E-state index is 11.4. The zero-order valence-electron chi connectivity index (χ0n) is 16.9. The Morgan fingerprint density at radius 2 is 1.77 bits per heavy atom. The first-order valence-corrected chi connectivity index (χ1v) is 9.36. The van der Waals surface area contributed by atoms with Crippen molar-refractivity contribution in [1.29, 1.82) is 0 Å². The molecule has 3 nitrogen and oxygen atoms in total. The molecule has 0 aromatic heterocycles. The summed E-state index contributed by atoms with van der Waals surface area (Å²) in [7, 11) is 3.40. The van der Waals surface area contributed by atoms with Gasteiger partial charge in [0.25, 0.3) is 5.75 Å². The standard InChI is InChI=1S/C21H18O3.C5H5.Fe/c1-23-19-11-15(12-20(14-19)24-2)13-21(16-5-3-4-6-16)17-7-9-18(22)10-8-17;1-2-4-5-3-1;/h3-14H,1-2H3;1-5H;/q-2;-1;+2/p+1/b21-13+;;.